The van der Waals surface area contributed by atoms with Crippen molar-refractivity contribution in [3.05, 3.63) is 0 Å². The Balaban J connectivity index is 0.00000196. The third-order valence-corrected chi connectivity index (χ3v) is 2.23. The van der Waals surface area contributed by atoms with Gasteiger partial charge in [-0.1, -0.05) is 0 Å². The molecule has 1 unspecified atom stereocenters. The second kappa shape index (κ2) is 6.45. The molecule has 1 aliphatic rings. The molecule has 5 N–H and O–H groups in total. The van der Waals surface area contributed by atoms with E-state index in [1.54, 1.807) is 0 Å². The summed E-state index contributed by atoms with van der Waals surface area (Å²) in [5.74, 6) is 0. The van der Waals surface area contributed by atoms with Crippen LogP contribution >= 0.6 is 7.82 Å². The van der Waals surface area contributed by atoms with E-state index in [0.717, 1.165) is 0 Å². The topological polar surface area (TPSA) is 137 Å². The summed E-state index contributed by atoms with van der Waals surface area (Å²) in [6.07, 6.45) is -5.67. The quantitative estimate of drug-likeness (QED) is 0.266. The fourth-order valence-electron chi connectivity index (χ4n) is 1.04. The first-order chi connectivity index (χ1) is 6.31. The van der Waals surface area contributed by atoms with Gasteiger partial charge in [0, 0.05) is 48.9 Å². The molecular formula is C5H11BaO8P. The largest absolute Gasteiger partial charge is 0.469 e. The third-order valence-electron chi connectivity index (χ3n) is 1.74. The first kappa shape index (κ1) is 16.5. The van der Waals surface area contributed by atoms with E-state index in [0.29, 0.717) is 0 Å². The van der Waals surface area contributed by atoms with Crippen molar-refractivity contribution in [3.63, 3.8) is 0 Å². The minimum Gasteiger partial charge on any atom is -0.387 e. The summed E-state index contributed by atoms with van der Waals surface area (Å²) in [6, 6.07) is 0. The van der Waals surface area contributed by atoms with Crippen LogP contribution in [0.5, 0.6) is 0 Å². The second-order valence-electron chi connectivity index (χ2n) is 2.83. The minimum atomic E-state index is -4.64. The molecule has 1 heterocycles. The van der Waals surface area contributed by atoms with Crippen LogP contribution in [0.15, 0.2) is 0 Å². The van der Waals surface area contributed by atoms with Crippen molar-refractivity contribution in [2.24, 2.45) is 0 Å². The zero-order chi connectivity index (χ0) is 10.9. The zero-order valence-electron chi connectivity index (χ0n) is 7.63. The Bertz CT molecular complexity index is 243. The zero-order valence-corrected chi connectivity index (χ0v) is 13.0. The van der Waals surface area contributed by atoms with E-state index in [4.69, 9.17) is 25.1 Å². The average Bonchev–Trinajstić information content (AvgIpc) is 2.28. The van der Waals surface area contributed by atoms with E-state index in [1.807, 2.05) is 0 Å². The molecular weight excluding hydrogens is 356 g/mol. The van der Waals surface area contributed by atoms with E-state index in [2.05, 4.69) is 9.26 Å². The fourth-order valence-corrected chi connectivity index (χ4v) is 1.38. The monoisotopic (exact) mass is 368 g/mol. The molecule has 8 nitrogen and oxygen atoms in total. The number of aliphatic hydroxyl groups is 3. The average molecular weight is 367 g/mol. The summed E-state index contributed by atoms with van der Waals surface area (Å²) in [5.41, 5.74) is 0. The molecule has 1 fully saturated rings. The standard InChI is InChI=1S/C5H11O8P.Ba/c6-3-2(1-12-14(9,10)11)13-5(8)4(3)7;/h2-8H,1H2,(H2,9,10,11);/t2-,3-,4-,5?;/m1./s1. The molecule has 10 heteroatoms. The van der Waals surface area contributed by atoms with Crippen molar-refractivity contribution in [1.29, 1.82) is 0 Å². The van der Waals surface area contributed by atoms with Gasteiger partial charge < -0.3 is 29.8 Å². The smallest absolute Gasteiger partial charge is 0.387 e. The van der Waals surface area contributed by atoms with Gasteiger partial charge >= 0.3 is 7.82 Å². The molecule has 86 valence electrons. The summed E-state index contributed by atoms with van der Waals surface area (Å²) in [4.78, 5) is 16.6. The van der Waals surface area contributed by atoms with E-state index < -0.39 is 39.0 Å². The van der Waals surface area contributed by atoms with Crippen LogP contribution in [0.1, 0.15) is 0 Å². The molecule has 4 atom stereocenters. The maximum absolute atomic E-state index is 10.3. The Labute approximate surface area is 126 Å². The van der Waals surface area contributed by atoms with Gasteiger partial charge in [0.1, 0.15) is 18.3 Å². The van der Waals surface area contributed by atoms with E-state index in [9.17, 15) is 4.57 Å². The molecule has 0 aromatic rings. The molecule has 0 amide bonds. The van der Waals surface area contributed by atoms with Gasteiger partial charge in [-0.25, -0.2) is 4.57 Å². The maximum Gasteiger partial charge on any atom is 0.469 e. The van der Waals surface area contributed by atoms with Crippen LogP contribution in [0.3, 0.4) is 0 Å². The molecule has 2 radical (unpaired) electrons. The number of aliphatic hydroxyl groups excluding tert-OH is 3. The molecule has 0 spiro atoms. The Morgan fingerprint density at radius 2 is 1.73 bits per heavy atom. The van der Waals surface area contributed by atoms with Gasteiger partial charge in [0.15, 0.2) is 6.29 Å². The molecule has 0 aromatic heterocycles. The van der Waals surface area contributed by atoms with Crippen LogP contribution < -0.4 is 0 Å². The Morgan fingerprint density at radius 1 is 1.20 bits per heavy atom. The van der Waals surface area contributed by atoms with Crippen molar-refractivity contribution in [3.8, 4) is 0 Å². The van der Waals surface area contributed by atoms with E-state index in [1.165, 1.54) is 0 Å². The maximum atomic E-state index is 10.3. The van der Waals surface area contributed by atoms with Crippen molar-refractivity contribution < 1.29 is 38.9 Å². The number of ether oxygens (including phenoxy) is 1. The predicted octanol–water partition coefficient (Wildman–Crippen LogP) is -2.85. The van der Waals surface area contributed by atoms with Gasteiger partial charge in [0.05, 0.1) is 6.61 Å². The summed E-state index contributed by atoms with van der Waals surface area (Å²) in [7, 11) is -4.64. The van der Waals surface area contributed by atoms with Gasteiger partial charge in [-0.05, 0) is 0 Å². The van der Waals surface area contributed by atoms with E-state index >= 15 is 0 Å². The first-order valence-electron chi connectivity index (χ1n) is 3.71. The van der Waals surface area contributed by atoms with Gasteiger partial charge in [-0.2, -0.15) is 0 Å². The summed E-state index contributed by atoms with van der Waals surface area (Å²) in [5, 5.41) is 27.0. The molecule has 0 saturated carbocycles. The number of rotatable bonds is 3. The Hall–Kier alpha value is 1.52. The van der Waals surface area contributed by atoms with Gasteiger partial charge in [-0.3, -0.25) is 4.52 Å². The number of phosphoric acid groups is 1. The fraction of sp³-hybridized carbons (Fsp3) is 1.00. The molecule has 1 aliphatic heterocycles. The first-order valence-corrected chi connectivity index (χ1v) is 5.24. The van der Waals surface area contributed by atoms with Crippen LogP contribution in [0.2, 0.25) is 0 Å². The summed E-state index contributed by atoms with van der Waals surface area (Å²) < 4.78 is 18.9. The van der Waals surface area contributed by atoms with Crippen molar-refractivity contribution in [2.75, 3.05) is 6.61 Å². The van der Waals surface area contributed by atoms with Crippen LogP contribution in [-0.4, -0.2) is 105 Å². The molecule has 0 bridgehead atoms. The van der Waals surface area contributed by atoms with Crippen molar-refractivity contribution in [1.82, 2.24) is 0 Å². The molecule has 1 saturated heterocycles. The predicted molar refractivity (Wildman–Crippen MR) is 46.6 cm³/mol. The molecule has 15 heavy (non-hydrogen) atoms. The minimum absolute atomic E-state index is 0. The van der Waals surface area contributed by atoms with E-state index in [-0.39, 0.29) is 48.9 Å². The van der Waals surface area contributed by atoms with Crippen LogP contribution in [-0.2, 0) is 13.8 Å². The number of phosphoric ester groups is 1. The van der Waals surface area contributed by atoms with Gasteiger partial charge in [-0.15, -0.1) is 0 Å². The molecule has 0 aromatic carbocycles. The van der Waals surface area contributed by atoms with Crippen LogP contribution in [0, 0.1) is 0 Å². The Kier molecular flexibility index (Phi) is 7.11. The third kappa shape index (κ3) is 5.13. The molecule has 0 aliphatic carbocycles. The second-order valence-corrected chi connectivity index (χ2v) is 4.07. The van der Waals surface area contributed by atoms with Crippen molar-refractivity contribution in [2.45, 2.75) is 24.6 Å². The van der Waals surface area contributed by atoms with Gasteiger partial charge in [0.25, 0.3) is 0 Å². The van der Waals surface area contributed by atoms with Crippen LogP contribution in [0.4, 0.5) is 0 Å². The number of hydrogen-bond acceptors (Lipinski definition) is 6. The van der Waals surface area contributed by atoms with Crippen molar-refractivity contribution >= 4 is 56.7 Å². The SMILES string of the molecule is O=P(O)(O)OC[C@H]1OC(O)[C@H](O)[C@@H]1O.[Ba]. The number of hydrogen-bond donors (Lipinski definition) is 5. The van der Waals surface area contributed by atoms with Gasteiger partial charge in [0.2, 0.25) is 0 Å². The van der Waals surface area contributed by atoms with Crippen LogP contribution in [0.25, 0.3) is 0 Å². The summed E-state index contributed by atoms with van der Waals surface area (Å²) in [6.45, 7) is -0.612. The summed E-state index contributed by atoms with van der Waals surface area (Å²) >= 11 is 0. The Morgan fingerprint density at radius 3 is 2.07 bits per heavy atom. The normalized spacial score (nSPS) is 36.3. The molecule has 1 rings (SSSR count).